The summed E-state index contributed by atoms with van der Waals surface area (Å²) in [6.07, 6.45) is 16.0. The van der Waals surface area contributed by atoms with E-state index in [1.54, 1.807) is 6.08 Å². The summed E-state index contributed by atoms with van der Waals surface area (Å²) >= 11 is 3.67. The molecule has 0 aromatic rings. The van der Waals surface area contributed by atoms with Crippen LogP contribution >= 0.6 is 15.9 Å². The van der Waals surface area contributed by atoms with Gasteiger partial charge in [-0.3, -0.25) is 4.79 Å². The fourth-order valence-electron chi connectivity index (χ4n) is 2.34. The van der Waals surface area contributed by atoms with Gasteiger partial charge in [0.25, 0.3) is 0 Å². The Morgan fingerprint density at radius 2 is 2.29 bits per heavy atom. The lowest BCUT2D eigenvalue weighted by molar-refractivity contribution is -0.148. The monoisotopic (exact) mass is 354 g/mol. The molecule has 0 amide bonds. The quantitative estimate of drug-likeness (QED) is 0.302. The van der Waals surface area contributed by atoms with Crippen LogP contribution in [0.2, 0.25) is 0 Å². The lowest BCUT2D eigenvalue weighted by atomic mass is 10.1. The van der Waals surface area contributed by atoms with Crippen molar-refractivity contribution in [2.45, 2.75) is 62.7 Å². The molecule has 1 aliphatic heterocycles. The number of carbonyl (C=O) groups is 1. The van der Waals surface area contributed by atoms with Gasteiger partial charge in [0.05, 0.1) is 12.2 Å². The van der Waals surface area contributed by atoms with E-state index in [2.05, 4.69) is 40.9 Å². The summed E-state index contributed by atoms with van der Waals surface area (Å²) in [6.45, 7) is 3.54. The molecule has 0 aliphatic carbocycles. The molecule has 3 nitrogen and oxygen atoms in total. The largest absolute Gasteiger partial charge is 0.460 e. The minimum absolute atomic E-state index is 0.0418. The van der Waals surface area contributed by atoms with Crippen LogP contribution in [0.1, 0.15) is 39.5 Å². The summed E-state index contributed by atoms with van der Waals surface area (Å²) in [5.74, 6) is 2.18. The van der Waals surface area contributed by atoms with E-state index in [-0.39, 0.29) is 29.1 Å². The first kappa shape index (κ1) is 18.0. The third-order valence-electron chi connectivity index (χ3n) is 3.30. The molecular formula is C17H23BrO3. The van der Waals surface area contributed by atoms with Gasteiger partial charge in [-0.05, 0) is 25.3 Å². The number of allylic oxidation sites excluding steroid dienone is 3. The Kier molecular flexibility index (Phi) is 8.41. The van der Waals surface area contributed by atoms with Gasteiger partial charge in [0.2, 0.25) is 0 Å². The molecular weight excluding hydrogens is 332 g/mol. The van der Waals surface area contributed by atoms with Gasteiger partial charge in [-0.25, -0.2) is 0 Å². The number of esters is 1. The maximum atomic E-state index is 11.2. The van der Waals surface area contributed by atoms with Crippen LogP contribution in [0.4, 0.5) is 0 Å². The number of terminal acetylenes is 1. The van der Waals surface area contributed by atoms with Gasteiger partial charge in [0.15, 0.2) is 0 Å². The van der Waals surface area contributed by atoms with Crippen LogP contribution in [-0.2, 0) is 14.3 Å². The molecule has 1 aliphatic rings. The van der Waals surface area contributed by atoms with Gasteiger partial charge < -0.3 is 9.47 Å². The second kappa shape index (κ2) is 9.81. The molecule has 1 fully saturated rings. The van der Waals surface area contributed by atoms with Gasteiger partial charge in [0.1, 0.15) is 6.10 Å². The van der Waals surface area contributed by atoms with Crippen LogP contribution in [0.5, 0.6) is 0 Å². The second-order valence-corrected chi connectivity index (χ2v) is 6.21. The standard InChI is InChI=1S/C17H23BrO3/c1-4-6-8-10-14(18)16-12-17(20-13(3)19)15(21-16)11-9-7-5-2/h2,6-9,14-17H,4,10-12H2,1,3H3/b8-6+,9-7+/t14?,15-,16-,17-/m1/s1. The number of halogens is 1. The molecule has 1 saturated heterocycles. The summed E-state index contributed by atoms with van der Waals surface area (Å²) in [6, 6.07) is 0. The molecule has 0 spiro atoms. The van der Waals surface area contributed by atoms with E-state index in [0.717, 1.165) is 12.8 Å². The first-order valence-electron chi connectivity index (χ1n) is 7.31. The number of ether oxygens (including phenoxy) is 2. The fraction of sp³-hybridized carbons (Fsp3) is 0.588. The summed E-state index contributed by atoms with van der Waals surface area (Å²) in [4.78, 5) is 11.4. The predicted octanol–water partition coefficient (Wildman–Crippen LogP) is 3.77. The zero-order valence-corrected chi connectivity index (χ0v) is 14.2. The van der Waals surface area contributed by atoms with Crippen molar-refractivity contribution in [2.75, 3.05) is 0 Å². The van der Waals surface area contributed by atoms with E-state index in [1.165, 1.54) is 6.92 Å². The number of hydrogen-bond acceptors (Lipinski definition) is 3. The van der Waals surface area contributed by atoms with Gasteiger partial charge in [-0.2, -0.15) is 0 Å². The minimum Gasteiger partial charge on any atom is -0.460 e. The van der Waals surface area contributed by atoms with Gasteiger partial charge in [0, 0.05) is 18.2 Å². The lowest BCUT2D eigenvalue weighted by Gasteiger charge is -2.17. The van der Waals surface area contributed by atoms with Crippen LogP contribution < -0.4 is 0 Å². The highest BCUT2D eigenvalue weighted by Crippen LogP contribution is 2.31. The normalized spacial score (nSPS) is 27.0. The molecule has 0 N–H and O–H groups in total. The Morgan fingerprint density at radius 1 is 1.52 bits per heavy atom. The first-order chi connectivity index (χ1) is 10.1. The average molecular weight is 355 g/mol. The summed E-state index contributed by atoms with van der Waals surface area (Å²) in [5.41, 5.74) is 0. The maximum Gasteiger partial charge on any atom is 0.302 e. The van der Waals surface area contributed by atoms with Crippen molar-refractivity contribution in [2.24, 2.45) is 0 Å². The van der Waals surface area contributed by atoms with Crippen LogP contribution in [0, 0.1) is 12.3 Å². The van der Waals surface area contributed by atoms with Crippen molar-refractivity contribution in [3.63, 3.8) is 0 Å². The SMILES string of the molecule is C#C/C=C/C[C@H]1O[C@@H](C(Br)C/C=C/CC)C[C@H]1OC(C)=O. The van der Waals surface area contributed by atoms with Crippen LogP contribution in [0.15, 0.2) is 24.3 Å². The highest BCUT2D eigenvalue weighted by molar-refractivity contribution is 9.09. The van der Waals surface area contributed by atoms with Gasteiger partial charge in [-0.1, -0.05) is 47.0 Å². The summed E-state index contributed by atoms with van der Waals surface area (Å²) < 4.78 is 11.4. The molecule has 1 unspecified atom stereocenters. The van der Waals surface area contributed by atoms with Crippen molar-refractivity contribution < 1.29 is 14.3 Å². The van der Waals surface area contributed by atoms with Crippen molar-refractivity contribution in [1.29, 1.82) is 0 Å². The number of hydrogen-bond donors (Lipinski definition) is 0. The predicted molar refractivity (Wildman–Crippen MR) is 88.2 cm³/mol. The molecule has 116 valence electrons. The Labute approximate surface area is 135 Å². The zero-order valence-electron chi connectivity index (χ0n) is 12.6. The van der Waals surface area contributed by atoms with Crippen LogP contribution in [-0.4, -0.2) is 29.1 Å². The number of alkyl halides is 1. The highest BCUT2D eigenvalue weighted by atomic mass is 79.9. The summed E-state index contributed by atoms with van der Waals surface area (Å²) in [7, 11) is 0. The molecule has 0 aromatic heterocycles. The minimum atomic E-state index is -0.271. The Hall–Kier alpha value is -1.05. The van der Waals surface area contributed by atoms with Gasteiger partial charge in [-0.15, -0.1) is 6.42 Å². The van der Waals surface area contributed by atoms with Crippen molar-refractivity contribution in [1.82, 2.24) is 0 Å². The van der Waals surface area contributed by atoms with E-state index in [4.69, 9.17) is 15.9 Å². The molecule has 0 bridgehead atoms. The van der Waals surface area contributed by atoms with E-state index < -0.39 is 0 Å². The van der Waals surface area contributed by atoms with Crippen molar-refractivity contribution in [3.8, 4) is 12.3 Å². The topological polar surface area (TPSA) is 35.5 Å². The third kappa shape index (κ3) is 6.50. The van der Waals surface area contributed by atoms with Gasteiger partial charge >= 0.3 is 5.97 Å². The van der Waals surface area contributed by atoms with E-state index in [9.17, 15) is 4.79 Å². The van der Waals surface area contributed by atoms with E-state index >= 15 is 0 Å². The highest BCUT2D eigenvalue weighted by Gasteiger charge is 2.39. The molecule has 1 rings (SSSR count). The molecule has 0 saturated carbocycles. The zero-order chi connectivity index (χ0) is 15.7. The Balaban J connectivity index is 2.61. The molecule has 4 heteroatoms. The first-order valence-corrected chi connectivity index (χ1v) is 8.22. The molecule has 21 heavy (non-hydrogen) atoms. The number of rotatable bonds is 7. The molecule has 1 heterocycles. The van der Waals surface area contributed by atoms with Crippen molar-refractivity contribution in [3.05, 3.63) is 24.3 Å². The van der Waals surface area contributed by atoms with Crippen LogP contribution in [0.3, 0.4) is 0 Å². The summed E-state index contributed by atoms with van der Waals surface area (Å²) in [5, 5.41) is 0. The number of carbonyl (C=O) groups excluding carboxylic acids is 1. The molecule has 4 atom stereocenters. The van der Waals surface area contributed by atoms with Crippen LogP contribution in [0.25, 0.3) is 0 Å². The lowest BCUT2D eigenvalue weighted by Crippen LogP contribution is -2.25. The Morgan fingerprint density at radius 3 is 2.90 bits per heavy atom. The van der Waals surface area contributed by atoms with Crippen molar-refractivity contribution >= 4 is 21.9 Å². The third-order valence-corrected chi connectivity index (χ3v) is 4.26. The molecule has 0 aromatic carbocycles. The van der Waals surface area contributed by atoms with E-state index in [1.807, 2.05) is 6.08 Å². The van der Waals surface area contributed by atoms with E-state index in [0.29, 0.717) is 12.8 Å². The molecule has 0 radical (unpaired) electrons. The maximum absolute atomic E-state index is 11.2. The average Bonchev–Trinajstić information content (AvgIpc) is 2.82. The Bertz CT molecular complexity index is 422. The smallest absolute Gasteiger partial charge is 0.302 e. The fourth-order valence-corrected chi connectivity index (χ4v) is 2.90. The second-order valence-electron chi connectivity index (χ2n) is 5.03.